The van der Waals surface area contributed by atoms with Gasteiger partial charge in [0.25, 0.3) is 5.91 Å². The van der Waals surface area contributed by atoms with Crippen LogP contribution in [0.2, 0.25) is 0 Å². The molecule has 3 N–H and O–H groups in total. The van der Waals surface area contributed by atoms with Crippen LogP contribution in [0.15, 0.2) is 28.9 Å². The van der Waals surface area contributed by atoms with E-state index in [0.29, 0.717) is 29.4 Å². The summed E-state index contributed by atoms with van der Waals surface area (Å²) in [6.07, 6.45) is 2.36. The monoisotopic (exact) mass is 352 g/mol. The molecule has 2 aromatic rings. The number of nitrogens with two attached hydrogens (primary N) is 1. The number of halogens is 1. The van der Waals surface area contributed by atoms with Crippen LogP contribution in [0.25, 0.3) is 0 Å². The first-order chi connectivity index (χ1) is 11.1. The van der Waals surface area contributed by atoms with Gasteiger partial charge in [-0.2, -0.15) is 0 Å². The van der Waals surface area contributed by atoms with Crippen LogP contribution in [0.1, 0.15) is 35.5 Å². The van der Waals surface area contributed by atoms with Crippen molar-refractivity contribution in [3.8, 4) is 11.5 Å². The Morgan fingerprint density at radius 2 is 2.21 bits per heavy atom. The first-order valence-corrected chi connectivity index (χ1v) is 7.66. The molecule has 24 heavy (non-hydrogen) atoms. The normalized spacial score (nSPS) is 15.2. The lowest BCUT2D eigenvalue weighted by Gasteiger charge is -2.13. The van der Waals surface area contributed by atoms with Crippen LogP contribution < -0.4 is 20.5 Å². The topological polar surface area (TPSA) is 86.7 Å². The van der Waals surface area contributed by atoms with Crippen molar-refractivity contribution in [3.05, 3.63) is 41.3 Å². The van der Waals surface area contributed by atoms with E-state index in [1.165, 1.54) is 6.26 Å². The lowest BCUT2D eigenvalue weighted by molar-refractivity contribution is 0.102. The van der Waals surface area contributed by atoms with Crippen LogP contribution in [0.3, 0.4) is 0 Å². The van der Waals surface area contributed by atoms with Crippen LogP contribution in [0.4, 0.5) is 5.69 Å². The maximum atomic E-state index is 12.4. The molecule has 0 bridgehead atoms. The van der Waals surface area contributed by atoms with Gasteiger partial charge in [0.15, 0.2) is 0 Å². The third-order valence-corrected chi connectivity index (χ3v) is 3.66. The molecule has 0 spiro atoms. The molecule has 1 atom stereocenters. The van der Waals surface area contributed by atoms with E-state index >= 15 is 0 Å². The molecule has 130 valence electrons. The minimum absolute atomic E-state index is 0. The molecule has 1 aliphatic rings. The molecule has 1 unspecified atom stereocenters. The molecule has 0 saturated heterocycles. The predicted octanol–water partition coefficient (Wildman–Crippen LogP) is 3.13. The highest BCUT2D eigenvalue weighted by Gasteiger charge is 2.23. The number of hydrogen-bond acceptors (Lipinski definition) is 5. The second-order valence-corrected chi connectivity index (χ2v) is 5.48. The van der Waals surface area contributed by atoms with E-state index in [0.717, 1.165) is 17.7 Å². The minimum Gasteiger partial charge on any atom is -0.492 e. The summed E-state index contributed by atoms with van der Waals surface area (Å²) >= 11 is 0. The summed E-state index contributed by atoms with van der Waals surface area (Å²) in [5.41, 5.74) is 7.59. The Morgan fingerprint density at radius 1 is 1.42 bits per heavy atom. The van der Waals surface area contributed by atoms with E-state index in [4.69, 9.17) is 19.6 Å². The average molecular weight is 353 g/mol. The molecule has 0 radical (unpaired) electrons. The van der Waals surface area contributed by atoms with Crippen molar-refractivity contribution < 1.29 is 18.7 Å². The number of nitrogens with one attached hydrogen (secondary N) is 1. The molecule has 3 rings (SSSR count). The van der Waals surface area contributed by atoms with Crippen molar-refractivity contribution in [2.24, 2.45) is 5.73 Å². The van der Waals surface area contributed by atoms with Gasteiger partial charge in [-0.15, -0.1) is 12.4 Å². The van der Waals surface area contributed by atoms with E-state index < -0.39 is 0 Å². The Kier molecular flexibility index (Phi) is 5.75. The second-order valence-electron chi connectivity index (χ2n) is 5.48. The van der Waals surface area contributed by atoms with Gasteiger partial charge < -0.3 is 24.9 Å². The lowest BCUT2D eigenvalue weighted by Crippen LogP contribution is -2.12. The molecule has 0 fully saturated rings. The average Bonchev–Trinajstić information content (AvgIpc) is 3.13. The van der Waals surface area contributed by atoms with E-state index in [2.05, 4.69) is 5.32 Å². The third-order valence-electron chi connectivity index (χ3n) is 3.66. The fourth-order valence-electron chi connectivity index (χ4n) is 2.61. The van der Waals surface area contributed by atoms with Crippen LogP contribution in [0, 0.1) is 0 Å². The molecule has 0 saturated carbocycles. The van der Waals surface area contributed by atoms with Crippen molar-refractivity contribution >= 4 is 24.0 Å². The highest BCUT2D eigenvalue weighted by atomic mass is 35.5. The lowest BCUT2D eigenvalue weighted by atomic mass is 10.1. The van der Waals surface area contributed by atoms with Crippen LogP contribution in [-0.2, 0) is 13.0 Å². The minimum atomic E-state index is -0.277. The highest BCUT2D eigenvalue weighted by Crippen LogP contribution is 2.38. The number of ether oxygens (including phenoxy) is 2. The Labute approximate surface area is 146 Å². The first-order valence-electron chi connectivity index (χ1n) is 7.66. The molecular formula is C17H21ClN2O4. The van der Waals surface area contributed by atoms with Gasteiger partial charge in [0, 0.05) is 18.1 Å². The van der Waals surface area contributed by atoms with Gasteiger partial charge in [-0.05, 0) is 26.0 Å². The van der Waals surface area contributed by atoms with Crippen molar-refractivity contribution in [3.63, 3.8) is 0 Å². The maximum absolute atomic E-state index is 12.4. The number of anilines is 1. The Balaban J connectivity index is 0.00000208. The molecule has 1 aromatic heterocycles. The SMILES string of the molecule is CCOc1cc2c(cc1NC(=O)c1coc(CN)c1)OC(C)C2.Cl. The van der Waals surface area contributed by atoms with Gasteiger partial charge in [0.05, 0.1) is 24.4 Å². The number of fused-ring (bicyclic) bond motifs is 1. The number of rotatable bonds is 5. The zero-order valence-electron chi connectivity index (χ0n) is 13.6. The smallest absolute Gasteiger partial charge is 0.259 e. The van der Waals surface area contributed by atoms with Gasteiger partial charge in [-0.25, -0.2) is 0 Å². The summed E-state index contributed by atoms with van der Waals surface area (Å²) in [6.45, 7) is 4.68. The van der Waals surface area contributed by atoms with Gasteiger partial charge >= 0.3 is 0 Å². The standard InChI is InChI=1S/C17H20N2O4.ClH/c1-3-21-16-6-11-4-10(2)23-15(11)7-14(16)19-17(20)12-5-13(8-18)22-9-12;/h5-7,9-10H,3-4,8,18H2,1-2H3,(H,19,20);1H. The predicted molar refractivity (Wildman–Crippen MR) is 93.2 cm³/mol. The summed E-state index contributed by atoms with van der Waals surface area (Å²) in [4.78, 5) is 12.4. The largest absolute Gasteiger partial charge is 0.492 e. The summed E-state index contributed by atoms with van der Waals surface area (Å²) in [7, 11) is 0. The van der Waals surface area contributed by atoms with E-state index in [1.807, 2.05) is 26.0 Å². The molecule has 7 heteroatoms. The Hall–Kier alpha value is -2.18. The first kappa shape index (κ1) is 18.2. The zero-order chi connectivity index (χ0) is 16.4. The fraction of sp³-hybridized carbons (Fsp3) is 0.353. The number of carbonyl (C=O) groups excluding carboxylic acids is 1. The van der Waals surface area contributed by atoms with Crippen molar-refractivity contribution in [1.29, 1.82) is 0 Å². The summed E-state index contributed by atoms with van der Waals surface area (Å²) < 4.78 is 16.6. The molecule has 1 aromatic carbocycles. The van der Waals surface area contributed by atoms with Crippen LogP contribution in [-0.4, -0.2) is 18.6 Å². The number of benzene rings is 1. The summed E-state index contributed by atoms with van der Waals surface area (Å²) in [5, 5.41) is 2.85. The van der Waals surface area contributed by atoms with Crippen molar-refractivity contribution in [2.45, 2.75) is 32.9 Å². The summed E-state index contributed by atoms with van der Waals surface area (Å²) in [5.74, 6) is 1.71. The Morgan fingerprint density at radius 3 is 2.88 bits per heavy atom. The van der Waals surface area contributed by atoms with Crippen molar-refractivity contribution in [2.75, 3.05) is 11.9 Å². The van der Waals surface area contributed by atoms with E-state index in [1.54, 1.807) is 6.07 Å². The highest BCUT2D eigenvalue weighted by molar-refractivity contribution is 6.05. The number of carbonyl (C=O) groups is 1. The van der Waals surface area contributed by atoms with E-state index in [9.17, 15) is 4.79 Å². The number of furan rings is 1. The fourth-order valence-corrected chi connectivity index (χ4v) is 2.61. The van der Waals surface area contributed by atoms with Gasteiger partial charge in [0.1, 0.15) is 29.6 Å². The summed E-state index contributed by atoms with van der Waals surface area (Å²) in [6, 6.07) is 5.37. The van der Waals surface area contributed by atoms with Gasteiger partial charge in [-0.1, -0.05) is 0 Å². The molecule has 0 aliphatic carbocycles. The van der Waals surface area contributed by atoms with Crippen LogP contribution in [0.5, 0.6) is 11.5 Å². The van der Waals surface area contributed by atoms with Crippen molar-refractivity contribution in [1.82, 2.24) is 0 Å². The molecule has 6 nitrogen and oxygen atoms in total. The molecule has 1 aliphatic heterocycles. The quantitative estimate of drug-likeness (QED) is 0.863. The number of amides is 1. The third kappa shape index (κ3) is 3.66. The molecular weight excluding hydrogens is 332 g/mol. The van der Waals surface area contributed by atoms with Crippen LogP contribution >= 0.6 is 12.4 Å². The van der Waals surface area contributed by atoms with Gasteiger partial charge in [-0.3, -0.25) is 4.79 Å². The molecule has 2 heterocycles. The number of hydrogen-bond donors (Lipinski definition) is 2. The Bertz CT molecular complexity index is 729. The second kappa shape index (κ2) is 7.59. The zero-order valence-corrected chi connectivity index (χ0v) is 14.4. The van der Waals surface area contributed by atoms with E-state index in [-0.39, 0.29) is 31.0 Å². The molecule has 1 amide bonds. The maximum Gasteiger partial charge on any atom is 0.259 e. The van der Waals surface area contributed by atoms with Gasteiger partial charge in [0.2, 0.25) is 0 Å².